The number of ether oxygens (including phenoxy) is 1. The molecule has 2 saturated heterocycles. The lowest BCUT2D eigenvalue weighted by molar-refractivity contribution is -0.154. The fraction of sp³-hybridized carbons (Fsp3) is 0.429. The van der Waals surface area contributed by atoms with Crippen LogP contribution in [-0.4, -0.2) is 34.4 Å². The van der Waals surface area contributed by atoms with Crippen LogP contribution in [-0.2, 0) is 14.3 Å². The third-order valence-corrected chi connectivity index (χ3v) is 4.15. The van der Waals surface area contributed by atoms with E-state index in [1.54, 1.807) is 0 Å². The van der Waals surface area contributed by atoms with E-state index >= 15 is 0 Å². The van der Waals surface area contributed by atoms with E-state index in [1.165, 1.54) is 0 Å². The van der Waals surface area contributed by atoms with Gasteiger partial charge in [-0.3, -0.25) is 9.59 Å². The normalized spacial score (nSPS) is 36.3. The number of carboxylic acids is 2. The van der Waals surface area contributed by atoms with Gasteiger partial charge in [0.25, 0.3) is 0 Å². The number of carbonyl (C=O) groups is 2. The maximum atomic E-state index is 11.3. The zero-order chi connectivity index (χ0) is 13.6. The lowest BCUT2D eigenvalue weighted by Crippen LogP contribution is -2.41. The molecule has 2 bridgehead atoms. The molecule has 0 spiro atoms. The number of carboxylic acid groups (broad SMARTS) is 2. The fourth-order valence-corrected chi connectivity index (χ4v) is 3.37. The Bertz CT molecular complexity index is 512. The first-order valence-electron chi connectivity index (χ1n) is 6.25. The highest BCUT2D eigenvalue weighted by atomic mass is 16.5. The Kier molecular flexibility index (Phi) is 2.78. The quantitative estimate of drug-likeness (QED) is 0.858. The van der Waals surface area contributed by atoms with Gasteiger partial charge in [-0.15, -0.1) is 0 Å². The summed E-state index contributed by atoms with van der Waals surface area (Å²) >= 11 is 0. The summed E-state index contributed by atoms with van der Waals surface area (Å²) in [5, 5.41) is 18.4. The van der Waals surface area contributed by atoms with Crippen LogP contribution in [0, 0.1) is 11.8 Å². The van der Waals surface area contributed by atoms with Crippen LogP contribution in [0.3, 0.4) is 0 Å². The first kappa shape index (κ1) is 12.2. The van der Waals surface area contributed by atoms with Gasteiger partial charge in [-0.2, -0.15) is 0 Å². The van der Waals surface area contributed by atoms with Crippen molar-refractivity contribution in [3.63, 3.8) is 0 Å². The van der Waals surface area contributed by atoms with Crippen molar-refractivity contribution in [2.75, 3.05) is 0 Å². The Morgan fingerprint density at radius 1 is 1.05 bits per heavy atom. The predicted octanol–water partition coefficient (Wildman–Crippen LogP) is 1.34. The van der Waals surface area contributed by atoms with Crippen molar-refractivity contribution in [2.45, 2.75) is 24.5 Å². The van der Waals surface area contributed by atoms with Gasteiger partial charge in [0, 0.05) is 5.92 Å². The molecular formula is C14H14O5. The third-order valence-electron chi connectivity index (χ3n) is 4.15. The molecule has 5 atom stereocenters. The molecule has 1 aromatic carbocycles. The highest BCUT2D eigenvalue weighted by molar-refractivity contribution is 5.82. The van der Waals surface area contributed by atoms with E-state index in [4.69, 9.17) is 9.84 Å². The lowest BCUT2D eigenvalue weighted by atomic mass is 9.72. The molecule has 0 aromatic heterocycles. The molecule has 2 fully saturated rings. The molecule has 5 heteroatoms. The van der Waals surface area contributed by atoms with Gasteiger partial charge < -0.3 is 14.9 Å². The van der Waals surface area contributed by atoms with E-state index in [9.17, 15) is 14.7 Å². The van der Waals surface area contributed by atoms with Crippen molar-refractivity contribution >= 4 is 11.9 Å². The molecule has 100 valence electrons. The minimum atomic E-state index is -1.08. The highest BCUT2D eigenvalue weighted by Gasteiger charge is 2.60. The highest BCUT2D eigenvalue weighted by Crippen LogP contribution is 2.50. The second-order valence-corrected chi connectivity index (χ2v) is 5.12. The van der Waals surface area contributed by atoms with Crippen molar-refractivity contribution in [1.82, 2.24) is 0 Å². The Labute approximate surface area is 109 Å². The van der Waals surface area contributed by atoms with E-state index in [2.05, 4.69) is 0 Å². The minimum absolute atomic E-state index is 0.0251. The molecule has 0 aliphatic carbocycles. The molecule has 0 unspecified atom stereocenters. The molecule has 1 aromatic rings. The van der Waals surface area contributed by atoms with Gasteiger partial charge >= 0.3 is 11.9 Å². The molecule has 0 saturated carbocycles. The summed E-state index contributed by atoms with van der Waals surface area (Å²) in [7, 11) is 0. The van der Waals surface area contributed by atoms with Gasteiger partial charge in [0.1, 0.15) is 0 Å². The topological polar surface area (TPSA) is 83.8 Å². The Morgan fingerprint density at radius 3 is 2.26 bits per heavy atom. The smallest absolute Gasteiger partial charge is 0.310 e. The molecular weight excluding hydrogens is 248 g/mol. The summed E-state index contributed by atoms with van der Waals surface area (Å²) < 4.78 is 5.63. The molecule has 0 radical (unpaired) electrons. The molecule has 2 N–H and O–H groups in total. The molecule has 3 rings (SSSR count). The molecule has 5 nitrogen and oxygen atoms in total. The van der Waals surface area contributed by atoms with Crippen LogP contribution < -0.4 is 0 Å². The zero-order valence-corrected chi connectivity index (χ0v) is 10.1. The van der Waals surface area contributed by atoms with Crippen LogP contribution in [0.25, 0.3) is 0 Å². The Morgan fingerprint density at radius 2 is 1.68 bits per heavy atom. The number of rotatable bonds is 3. The maximum Gasteiger partial charge on any atom is 0.310 e. The Balaban J connectivity index is 1.92. The lowest BCUT2D eigenvalue weighted by Gasteiger charge is -2.28. The zero-order valence-electron chi connectivity index (χ0n) is 10.1. The SMILES string of the molecule is O=C(O)[C@H]1[C@H]2O[C@H](C[C@H]2c2ccccc2)[C@H]1C(=O)O. The van der Waals surface area contributed by atoms with Gasteiger partial charge in [0.2, 0.25) is 0 Å². The molecule has 19 heavy (non-hydrogen) atoms. The third kappa shape index (κ3) is 1.81. The van der Waals surface area contributed by atoms with Gasteiger partial charge in [-0.1, -0.05) is 30.3 Å². The Hall–Kier alpha value is -1.88. The summed E-state index contributed by atoms with van der Waals surface area (Å²) in [4.78, 5) is 22.5. The predicted molar refractivity (Wildman–Crippen MR) is 64.7 cm³/mol. The summed E-state index contributed by atoms with van der Waals surface area (Å²) in [5.41, 5.74) is 1.02. The number of hydrogen-bond acceptors (Lipinski definition) is 3. The van der Waals surface area contributed by atoms with E-state index in [1.807, 2.05) is 30.3 Å². The van der Waals surface area contributed by atoms with Gasteiger partial charge in [-0.05, 0) is 12.0 Å². The molecule has 2 aliphatic heterocycles. The average Bonchev–Trinajstić information content (AvgIpc) is 2.96. The van der Waals surface area contributed by atoms with Crippen molar-refractivity contribution in [1.29, 1.82) is 0 Å². The van der Waals surface area contributed by atoms with E-state index in [0.29, 0.717) is 6.42 Å². The van der Waals surface area contributed by atoms with Gasteiger partial charge in [-0.25, -0.2) is 0 Å². The minimum Gasteiger partial charge on any atom is -0.481 e. The van der Waals surface area contributed by atoms with Gasteiger partial charge in [0.15, 0.2) is 0 Å². The van der Waals surface area contributed by atoms with Crippen molar-refractivity contribution in [2.24, 2.45) is 11.8 Å². The van der Waals surface area contributed by atoms with Crippen molar-refractivity contribution in [3.8, 4) is 0 Å². The van der Waals surface area contributed by atoms with Crippen molar-refractivity contribution < 1.29 is 24.5 Å². The van der Waals surface area contributed by atoms with Crippen LogP contribution in [0.2, 0.25) is 0 Å². The second kappa shape index (κ2) is 4.35. The summed E-state index contributed by atoms with van der Waals surface area (Å²) in [6, 6.07) is 9.55. The number of fused-ring (bicyclic) bond motifs is 2. The first-order chi connectivity index (χ1) is 9.09. The largest absolute Gasteiger partial charge is 0.481 e. The first-order valence-corrected chi connectivity index (χ1v) is 6.25. The summed E-state index contributed by atoms with van der Waals surface area (Å²) in [6.07, 6.45) is -0.449. The standard InChI is InChI=1S/C14H14O5/c15-13(16)10-9-6-8(7-4-2-1-3-5-7)12(19-9)11(10)14(17)18/h1-5,8-12H,6H2,(H,15,16)(H,17,18)/t8-,9+,10+,11+,12-/m0/s1. The fourth-order valence-electron chi connectivity index (χ4n) is 3.37. The molecule has 2 heterocycles. The van der Waals surface area contributed by atoms with Gasteiger partial charge in [0.05, 0.1) is 24.0 Å². The number of aliphatic carboxylic acids is 2. The second-order valence-electron chi connectivity index (χ2n) is 5.12. The summed E-state index contributed by atoms with van der Waals surface area (Å²) in [5.74, 6) is -4.07. The van der Waals surface area contributed by atoms with Crippen molar-refractivity contribution in [3.05, 3.63) is 35.9 Å². The van der Waals surface area contributed by atoms with Crippen LogP contribution >= 0.6 is 0 Å². The molecule has 2 aliphatic rings. The van der Waals surface area contributed by atoms with E-state index in [-0.39, 0.29) is 5.92 Å². The number of benzene rings is 1. The van der Waals surface area contributed by atoms with Crippen LogP contribution in [0.4, 0.5) is 0 Å². The number of hydrogen-bond donors (Lipinski definition) is 2. The van der Waals surface area contributed by atoms with Crippen LogP contribution in [0.1, 0.15) is 17.9 Å². The maximum absolute atomic E-state index is 11.3. The van der Waals surface area contributed by atoms with Crippen LogP contribution in [0.15, 0.2) is 30.3 Å². The van der Waals surface area contributed by atoms with E-state index in [0.717, 1.165) is 5.56 Å². The monoisotopic (exact) mass is 262 g/mol. The summed E-state index contributed by atoms with van der Waals surface area (Å²) in [6.45, 7) is 0. The van der Waals surface area contributed by atoms with Crippen LogP contribution in [0.5, 0.6) is 0 Å². The average molecular weight is 262 g/mol. The van der Waals surface area contributed by atoms with E-state index < -0.39 is 36.0 Å². The molecule has 0 amide bonds.